The Labute approximate surface area is 120 Å². The van der Waals surface area contributed by atoms with Crippen LogP contribution in [0.15, 0.2) is 29.6 Å². The molecule has 0 radical (unpaired) electrons. The molecule has 0 aliphatic heterocycles. The lowest BCUT2D eigenvalue weighted by Crippen LogP contribution is -2.49. The minimum atomic E-state index is -0.580. The molecule has 0 spiro atoms. The highest BCUT2D eigenvalue weighted by Gasteiger charge is 2.25. The van der Waals surface area contributed by atoms with Gasteiger partial charge in [-0.2, -0.15) is 0 Å². The maximum Gasteiger partial charge on any atom is 0.253 e. The number of nitrogens with one attached hydrogen (secondary N) is 1. The molecule has 0 atom stereocenters. The number of carbonyl (C=O) groups is 1. The Hall–Kier alpha value is -0.770. The molecule has 2 nitrogen and oxygen atoms in total. The molecule has 0 saturated heterocycles. The third kappa shape index (κ3) is 2.63. The van der Waals surface area contributed by atoms with E-state index in [1.54, 1.807) is 11.3 Å². The van der Waals surface area contributed by atoms with E-state index in [1.807, 2.05) is 36.6 Å². The molecular formula is C13H13Cl2NOS. The normalized spacial score (nSPS) is 11.7. The SMILES string of the molecule is CC(CCl)(CCl)NC(=O)c1csc2ccccc12. The second kappa shape index (κ2) is 5.47. The van der Waals surface area contributed by atoms with Gasteiger partial charge in [-0.05, 0) is 13.0 Å². The molecule has 0 unspecified atom stereocenters. The Kier molecular flexibility index (Phi) is 4.15. The van der Waals surface area contributed by atoms with E-state index < -0.39 is 5.54 Å². The van der Waals surface area contributed by atoms with E-state index in [0.717, 1.165) is 10.1 Å². The number of hydrogen-bond acceptors (Lipinski definition) is 2. The van der Waals surface area contributed by atoms with Gasteiger partial charge >= 0.3 is 0 Å². The standard InChI is InChI=1S/C13H13Cl2NOS/c1-13(7-14,8-15)16-12(17)10-6-18-11-5-3-2-4-9(10)11/h2-6H,7-8H2,1H3,(H,16,17). The Bertz CT molecular complexity index is 563. The maximum absolute atomic E-state index is 12.2. The van der Waals surface area contributed by atoms with Crippen molar-refractivity contribution in [2.45, 2.75) is 12.5 Å². The number of halogens is 2. The van der Waals surface area contributed by atoms with Crippen LogP contribution in [-0.4, -0.2) is 23.2 Å². The van der Waals surface area contributed by atoms with Gasteiger partial charge in [0, 0.05) is 27.2 Å². The van der Waals surface area contributed by atoms with Crippen LogP contribution in [0.3, 0.4) is 0 Å². The summed E-state index contributed by atoms with van der Waals surface area (Å²) >= 11 is 13.2. The largest absolute Gasteiger partial charge is 0.344 e. The first-order valence-corrected chi connectivity index (χ1v) is 7.45. The Morgan fingerprint density at radius 2 is 2.00 bits per heavy atom. The summed E-state index contributed by atoms with van der Waals surface area (Å²) in [7, 11) is 0. The van der Waals surface area contributed by atoms with E-state index in [2.05, 4.69) is 5.32 Å². The molecule has 0 aliphatic carbocycles. The molecule has 1 heterocycles. The van der Waals surface area contributed by atoms with Crippen molar-refractivity contribution >= 4 is 50.5 Å². The average Bonchev–Trinajstić information content (AvgIpc) is 2.82. The molecular weight excluding hydrogens is 289 g/mol. The van der Waals surface area contributed by atoms with Gasteiger partial charge in [0.1, 0.15) is 0 Å². The molecule has 0 aliphatic rings. The molecule has 2 aromatic rings. The molecule has 1 aromatic carbocycles. The first-order chi connectivity index (χ1) is 8.59. The highest BCUT2D eigenvalue weighted by atomic mass is 35.5. The number of amides is 1. The van der Waals surface area contributed by atoms with Crippen molar-refractivity contribution in [2.24, 2.45) is 0 Å². The summed E-state index contributed by atoms with van der Waals surface area (Å²) in [5.74, 6) is 0.436. The molecule has 1 amide bonds. The third-order valence-corrected chi connectivity index (χ3v) is 4.87. The number of fused-ring (bicyclic) bond motifs is 1. The van der Waals surface area contributed by atoms with Crippen molar-refractivity contribution in [3.05, 3.63) is 35.2 Å². The smallest absolute Gasteiger partial charge is 0.253 e. The van der Waals surface area contributed by atoms with Crippen LogP contribution >= 0.6 is 34.5 Å². The fraction of sp³-hybridized carbons (Fsp3) is 0.308. The van der Waals surface area contributed by atoms with Crippen LogP contribution in [0.5, 0.6) is 0 Å². The van der Waals surface area contributed by atoms with E-state index >= 15 is 0 Å². The number of alkyl halides is 2. The lowest BCUT2D eigenvalue weighted by Gasteiger charge is -2.25. The number of rotatable bonds is 4. The summed E-state index contributed by atoms with van der Waals surface area (Å²) in [6, 6.07) is 7.83. The summed E-state index contributed by atoms with van der Waals surface area (Å²) in [6.45, 7) is 1.83. The lowest BCUT2D eigenvalue weighted by atomic mass is 10.1. The fourth-order valence-corrected chi connectivity index (χ4v) is 2.96. The molecule has 1 N–H and O–H groups in total. The van der Waals surface area contributed by atoms with Gasteiger partial charge in [0.25, 0.3) is 5.91 Å². The van der Waals surface area contributed by atoms with Gasteiger partial charge in [0.15, 0.2) is 0 Å². The summed E-state index contributed by atoms with van der Waals surface area (Å²) in [5, 5.41) is 5.72. The van der Waals surface area contributed by atoms with Crippen molar-refractivity contribution in [3.63, 3.8) is 0 Å². The summed E-state index contributed by atoms with van der Waals surface area (Å²) in [4.78, 5) is 12.2. The van der Waals surface area contributed by atoms with Crippen LogP contribution in [0, 0.1) is 0 Å². The molecule has 18 heavy (non-hydrogen) atoms. The maximum atomic E-state index is 12.2. The van der Waals surface area contributed by atoms with E-state index in [0.29, 0.717) is 5.56 Å². The van der Waals surface area contributed by atoms with Gasteiger partial charge in [-0.15, -0.1) is 34.5 Å². The predicted octanol–water partition coefficient (Wildman–Crippen LogP) is 3.87. The molecule has 5 heteroatoms. The van der Waals surface area contributed by atoms with E-state index in [4.69, 9.17) is 23.2 Å². The number of hydrogen-bond donors (Lipinski definition) is 1. The molecule has 96 valence electrons. The second-order valence-electron chi connectivity index (χ2n) is 4.43. The van der Waals surface area contributed by atoms with Gasteiger partial charge in [-0.25, -0.2) is 0 Å². The third-order valence-electron chi connectivity index (χ3n) is 2.73. The highest BCUT2D eigenvalue weighted by Crippen LogP contribution is 2.26. The van der Waals surface area contributed by atoms with E-state index in [1.165, 1.54) is 0 Å². The van der Waals surface area contributed by atoms with Gasteiger partial charge in [-0.1, -0.05) is 18.2 Å². The summed E-state index contributed by atoms with van der Waals surface area (Å²) < 4.78 is 1.10. The summed E-state index contributed by atoms with van der Waals surface area (Å²) in [6.07, 6.45) is 0. The van der Waals surface area contributed by atoms with Gasteiger partial charge in [0.2, 0.25) is 0 Å². The monoisotopic (exact) mass is 301 g/mol. The Morgan fingerprint density at radius 1 is 1.33 bits per heavy atom. The average molecular weight is 302 g/mol. The minimum Gasteiger partial charge on any atom is -0.344 e. The van der Waals surface area contributed by atoms with Gasteiger partial charge < -0.3 is 5.32 Å². The first kappa shape index (κ1) is 13.7. The minimum absolute atomic E-state index is 0.128. The van der Waals surface area contributed by atoms with Crippen molar-refractivity contribution in [2.75, 3.05) is 11.8 Å². The Balaban J connectivity index is 2.29. The van der Waals surface area contributed by atoms with Gasteiger partial charge in [-0.3, -0.25) is 4.79 Å². The predicted molar refractivity (Wildman–Crippen MR) is 79.1 cm³/mol. The fourth-order valence-electron chi connectivity index (χ4n) is 1.60. The van der Waals surface area contributed by atoms with Crippen LogP contribution in [0.1, 0.15) is 17.3 Å². The van der Waals surface area contributed by atoms with Crippen LogP contribution in [0.4, 0.5) is 0 Å². The van der Waals surface area contributed by atoms with Crippen LogP contribution in [0.25, 0.3) is 10.1 Å². The zero-order valence-corrected chi connectivity index (χ0v) is 12.2. The van der Waals surface area contributed by atoms with Crippen LogP contribution in [-0.2, 0) is 0 Å². The van der Waals surface area contributed by atoms with Crippen LogP contribution < -0.4 is 5.32 Å². The lowest BCUT2D eigenvalue weighted by molar-refractivity contribution is 0.0923. The zero-order chi connectivity index (χ0) is 13.2. The second-order valence-corrected chi connectivity index (χ2v) is 5.87. The number of thiophene rings is 1. The van der Waals surface area contributed by atoms with Crippen molar-refractivity contribution < 1.29 is 4.79 Å². The van der Waals surface area contributed by atoms with Gasteiger partial charge in [0.05, 0.1) is 11.1 Å². The quantitative estimate of drug-likeness (QED) is 0.854. The first-order valence-electron chi connectivity index (χ1n) is 5.50. The summed E-state index contributed by atoms with van der Waals surface area (Å²) in [5.41, 5.74) is 0.0977. The van der Waals surface area contributed by atoms with E-state index in [9.17, 15) is 4.79 Å². The number of benzene rings is 1. The van der Waals surface area contributed by atoms with Crippen molar-refractivity contribution in [1.82, 2.24) is 5.32 Å². The topological polar surface area (TPSA) is 29.1 Å². The van der Waals surface area contributed by atoms with Crippen molar-refractivity contribution in [1.29, 1.82) is 0 Å². The van der Waals surface area contributed by atoms with Crippen molar-refractivity contribution in [3.8, 4) is 0 Å². The molecule has 2 rings (SSSR count). The molecule has 0 saturated carbocycles. The molecule has 0 bridgehead atoms. The Morgan fingerprint density at radius 3 is 2.67 bits per heavy atom. The van der Waals surface area contributed by atoms with Crippen LogP contribution in [0.2, 0.25) is 0 Å². The molecule has 1 aromatic heterocycles. The number of carbonyl (C=O) groups excluding carboxylic acids is 1. The van der Waals surface area contributed by atoms with E-state index in [-0.39, 0.29) is 17.7 Å². The molecule has 0 fully saturated rings. The zero-order valence-electron chi connectivity index (χ0n) is 9.87. The highest BCUT2D eigenvalue weighted by molar-refractivity contribution is 7.17.